The maximum absolute atomic E-state index is 12.0. The Labute approximate surface area is 179 Å². The molecule has 0 aromatic heterocycles. The number of nitrogens with one attached hydrogen (secondary N) is 2. The third kappa shape index (κ3) is 5.96. The predicted octanol–water partition coefficient (Wildman–Crippen LogP) is 2.60. The van der Waals surface area contributed by atoms with Gasteiger partial charge in [0.25, 0.3) is 0 Å². The summed E-state index contributed by atoms with van der Waals surface area (Å²) in [4.78, 5) is 7.23. The SMILES string of the molecule is CCNC(=NCc1cccc(S(=O)(=O)NC)c1)N1CCC(Oc2ccccc2)CC1. The Kier molecular flexibility index (Phi) is 7.70. The van der Waals surface area contributed by atoms with Crippen LogP contribution in [0, 0.1) is 0 Å². The van der Waals surface area contributed by atoms with Gasteiger partial charge in [-0.25, -0.2) is 18.1 Å². The third-order valence-corrected chi connectivity index (χ3v) is 6.42. The topological polar surface area (TPSA) is 83.0 Å². The second-order valence-corrected chi connectivity index (χ2v) is 9.03. The number of likely N-dealkylation sites (tertiary alicyclic amines) is 1. The molecule has 0 amide bonds. The molecular formula is C22H30N4O3S. The van der Waals surface area contributed by atoms with Gasteiger partial charge in [-0.1, -0.05) is 30.3 Å². The van der Waals surface area contributed by atoms with Gasteiger partial charge >= 0.3 is 0 Å². The molecule has 0 saturated carbocycles. The van der Waals surface area contributed by atoms with E-state index in [0.29, 0.717) is 6.54 Å². The number of rotatable bonds is 7. The molecule has 7 nitrogen and oxygen atoms in total. The summed E-state index contributed by atoms with van der Waals surface area (Å²) in [5.74, 6) is 1.76. The summed E-state index contributed by atoms with van der Waals surface area (Å²) in [7, 11) is -2.05. The van der Waals surface area contributed by atoms with E-state index in [2.05, 4.69) is 14.9 Å². The zero-order chi connectivity index (χ0) is 21.4. The minimum atomic E-state index is -3.46. The molecular weight excluding hydrogens is 400 g/mol. The lowest BCUT2D eigenvalue weighted by molar-refractivity contribution is 0.129. The van der Waals surface area contributed by atoms with Gasteiger partial charge < -0.3 is 15.0 Å². The highest BCUT2D eigenvalue weighted by molar-refractivity contribution is 7.89. The highest BCUT2D eigenvalue weighted by Crippen LogP contribution is 2.19. The number of ether oxygens (including phenoxy) is 1. The number of benzene rings is 2. The maximum Gasteiger partial charge on any atom is 0.240 e. The van der Waals surface area contributed by atoms with Crippen molar-refractivity contribution >= 4 is 16.0 Å². The van der Waals surface area contributed by atoms with Gasteiger partial charge in [0.1, 0.15) is 11.9 Å². The molecule has 1 fully saturated rings. The van der Waals surface area contributed by atoms with E-state index in [1.165, 1.54) is 7.05 Å². The van der Waals surface area contributed by atoms with Crippen molar-refractivity contribution in [1.82, 2.24) is 14.9 Å². The molecule has 1 heterocycles. The molecule has 0 unspecified atom stereocenters. The van der Waals surface area contributed by atoms with Crippen molar-refractivity contribution in [3.05, 3.63) is 60.2 Å². The van der Waals surface area contributed by atoms with Crippen LogP contribution in [0.25, 0.3) is 0 Å². The Morgan fingerprint density at radius 3 is 2.53 bits per heavy atom. The molecule has 0 spiro atoms. The van der Waals surface area contributed by atoms with Crippen molar-refractivity contribution in [3.8, 4) is 5.75 Å². The Hall–Kier alpha value is -2.58. The fraction of sp³-hybridized carbons (Fsp3) is 0.409. The van der Waals surface area contributed by atoms with E-state index < -0.39 is 10.0 Å². The number of aliphatic imine (C=N–C) groups is 1. The summed E-state index contributed by atoms with van der Waals surface area (Å²) in [6, 6.07) is 16.8. The monoisotopic (exact) mass is 430 g/mol. The molecule has 1 aliphatic rings. The molecule has 0 aliphatic carbocycles. The highest BCUT2D eigenvalue weighted by Gasteiger charge is 2.22. The molecule has 1 saturated heterocycles. The van der Waals surface area contributed by atoms with Crippen molar-refractivity contribution in [2.24, 2.45) is 4.99 Å². The number of hydrogen-bond acceptors (Lipinski definition) is 4. The minimum Gasteiger partial charge on any atom is -0.490 e. The van der Waals surface area contributed by atoms with Crippen LogP contribution in [0.4, 0.5) is 0 Å². The van der Waals surface area contributed by atoms with Crippen molar-refractivity contribution in [2.75, 3.05) is 26.7 Å². The van der Waals surface area contributed by atoms with E-state index in [1.54, 1.807) is 18.2 Å². The third-order valence-electron chi connectivity index (χ3n) is 5.01. The van der Waals surface area contributed by atoms with Crippen LogP contribution in [-0.2, 0) is 16.6 Å². The molecule has 2 aromatic rings. The summed E-state index contributed by atoms with van der Waals surface area (Å²) in [6.07, 6.45) is 2.06. The van der Waals surface area contributed by atoms with Crippen LogP contribution in [0.15, 0.2) is 64.5 Å². The molecule has 0 atom stereocenters. The summed E-state index contributed by atoms with van der Waals surface area (Å²) >= 11 is 0. The lowest BCUT2D eigenvalue weighted by atomic mass is 10.1. The maximum atomic E-state index is 12.0. The summed E-state index contributed by atoms with van der Waals surface area (Å²) < 4.78 is 32.5. The second kappa shape index (κ2) is 10.4. The first-order valence-electron chi connectivity index (χ1n) is 10.3. The Bertz CT molecular complexity index is 940. The van der Waals surface area contributed by atoms with Gasteiger partial charge in [0.15, 0.2) is 5.96 Å². The lowest BCUT2D eigenvalue weighted by Crippen LogP contribution is -2.47. The first kappa shape index (κ1) is 22.1. The zero-order valence-electron chi connectivity index (χ0n) is 17.5. The van der Waals surface area contributed by atoms with E-state index in [-0.39, 0.29) is 11.0 Å². The van der Waals surface area contributed by atoms with Gasteiger partial charge in [-0.15, -0.1) is 0 Å². The first-order valence-corrected chi connectivity index (χ1v) is 11.8. The highest BCUT2D eigenvalue weighted by atomic mass is 32.2. The van der Waals surface area contributed by atoms with Crippen LogP contribution in [-0.4, -0.2) is 52.1 Å². The van der Waals surface area contributed by atoms with Gasteiger partial charge in [0.2, 0.25) is 10.0 Å². The summed E-state index contributed by atoms with van der Waals surface area (Å²) in [5, 5.41) is 3.35. The van der Waals surface area contributed by atoms with Crippen LogP contribution in [0.1, 0.15) is 25.3 Å². The number of piperidine rings is 1. The van der Waals surface area contributed by atoms with Crippen LogP contribution in [0.3, 0.4) is 0 Å². The van der Waals surface area contributed by atoms with Gasteiger partial charge in [0, 0.05) is 32.5 Å². The fourth-order valence-electron chi connectivity index (χ4n) is 3.40. The van der Waals surface area contributed by atoms with Crippen LogP contribution < -0.4 is 14.8 Å². The Morgan fingerprint density at radius 2 is 1.87 bits per heavy atom. The standard InChI is InChI=1S/C22H30N4O3S/c1-3-24-22(25-17-18-8-7-11-21(16-18)30(27,28)23-2)26-14-12-20(13-15-26)29-19-9-5-4-6-10-19/h4-11,16,20,23H,3,12-15,17H2,1-2H3,(H,24,25). The minimum absolute atomic E-state index is 0.204. The molecule has 1 aliphatic heterocycles. The molecule has 0 radical (unpaired) electrons. The van der Waals surface area contributed by atoms with Gasteiger partial charge in [-0.3, -0.25) is 0 Å². The molecule has 2 aromatic carbocycles. The van der Waals surface area contributed by atoms with Crippen LogP contribution in [0.2, 0.25) is 0 Å². The number of para-hydroxylation sites is 1. The van der Waals surface area contributed by atoms with Crippen LogP contribution >= 0.6 is 0 Å². The van der Waals surface area contributed by atoms with Crippen LogP contribution in [0.5, 0.6) is 5.75 Å². The van der Waals surface area contributed by atoms with Gasteiger partial charge in [-0.2, -0.15) is 0 Å². The Balaban J connectivity index is 1.62. The molecule has 8 heteroatoms. The van der Waals surface area contributed by atoms with Crippen molar-refractivity contribution < 1.29 is 13.2 Å². The molecule has 30 heavy (non-hydrogen) atoms. The summed E-state index contributed by atoms with van der Waals surface area (Å²) in [6.45, 7) is 4.94. The fourth-order valence-corrected chi connectivity index (χ4v) is 4.20. The van der Waals surface area contributed by atoms with Gasteiger partial charge in [0.05, 0.1) is 11.4 Å². The lowest BCUT2D eigenvalue weighted by Gasteiger charge is -2.34. The molecule has 0 bridgehead atoms. The van der Waals surface area contributed by atoms with E-state index >= 15 is 0 Å². The van der Waals surface area contributed by atoms with Crippen molar-refractivity contribution in [1.29, 1.82) is 0 Å². The Morgan fingerprint density at radius 1 is 1.13 bits per heavy atom. The second-order valence-electron chi connectivity index (χ2n) is 7.14. The zero-order valence-corrected chi connectivity index (χ0v) is 18.4. The largest absolute Gasteiger partial charge is 0.490 e. The van der Waals surface area contributed by atoms with E-state index in [4.69, 9.17) is 9.73 Å². The first-order chi connectivity index (χ1) is 14.5. The average molecular weight is 431 g/mol. The van der Waals surface area contributed by atoms with Crippen molar-refractivity contribution in [3.63, 3.8) is 0 Å². The smallest absolute Gasteiger partial charge is 0.240 e. The molecule has 3 rings (SSSR count). The summed E-state index contributed by atoms with van der Waals surface area (Å²) in [5.41, 5.74) is 0.851. The van der Waals surface area contributed by atoms with Gasteiger partial charge in [-0.05, 0) is 43.8 Å². The number of nitrogens with zero attached hydrogens (tertiary/aromatic N) is 2. The molecule has 2 N–H and O–H groups in total. The van der Waals surface area contributed by atoms with E-state index in [1.807, 2.05) is 43.3 Å². The number of sulfonamides is 1. The quantitative estimate of drug-likeness (QED) is 0.521. The predicted molar refractivity (Wildman–Crippen MR) is 119 cm³/mol. The number of hydrogen-bond donors (Lipinski definition) is 2. The molecule has 162 valence electrons. The van der Waals surface area contributed by atoms with Crippen molar-refractivity contribution in [2.45, 2.75) is 37.3 Å². The van der Waals surface area contributed by atoms with E-state index in [9.17, 15) is 8.42 Å². The van der Waals surface area contributed by atoms with E-state index in [0.717, 1.165) is 49.7 Å². The average Bonchev–Trinajstić information content (AvgIpc) is 2.78. The normalized spacial score (nSPS) is 15.8. The number of guanidine groups is 1.